The summed E-state index contributed by atoms with van der Waals surface area (Å²) in [5, 5.41) is 12.4. The van der Waals surface area contributed by atoms with Gasteiger partial charge in [-0.25, -0.2) is 0 Å². The number of aryl methyl sites for hydroxylation is 2. The number of carbonyl (C=O) groups excluding carboxylic acids is 1. The van der Waals surface area contributed by atoms with E-state index in [4.69, 9.17) is 0 Å². The Morgan fingerprint density at radius 1 is 1.36 bits per heavy atom. The number of nitrogens with zero attached hydrogens (tertiary/aromatic N) is 3. The first-order valence-corrected chi connectivity index (χ1v) is 10.4. The van der Waals surface area contributed by atoms with E-state index < -0.39 is 0 Å². The van der Waals surface area contributed by atoms with Gasteiger partial charge in [0.1, 0.15) is 0 Å². The summed E-state index contributed by atoms with van der Waals surface area (Å²) in [7, 11) is 0. The number of rotatable bonds is 5. The average molecular weight is 377 g/mol. The number of nitrogens with one attached hydrogen (secondary N) is 1. The second kappa shape index (κ2) is 8.19. The zero-order valence-corrected chi connectivity index (χ0v) is 16.5. The van der Waals surface area contributed by atoms with E-state index in [1.807, 2.05) is 11.0 Å². The smallest absolute Gasteiger partial charge is 0.233 e. The van der Waals surface area contributed by atoms with Crippen LogP contribution in [0.4, 0.5) is 10.8 Å². The maximum absolute atomic E-state index is 12.3. The molecule has 0 saturated carbocycles. The Kier molecular flexibility index (Phi) is 5.96. The van der Waals surface area contributed by atoms with Crippen molar-refractivity contribution in [1.82, 2.24) is 15.1 Å². The second-order valence-corrected chi connectivity index (χ2v) is 8.87. The van der Waals surface area contributed by atoms with Gasteiger partial charge >= 0.3 is 0 Å². The summed E-state index contributed by atoms with van der Waals surface area (Å²) in [6.45, 7) is 8.17. The van der Waals surface area contributed by atoms with E-state index in [1.54, 1.807) is 0 Å². The van der Waals surface area contributed by atoms with Crippen LogP contribution in [0.15, 0.2) is 22.5 Å². The molecule has 1 aromatic heterocycles. The molecule has 1 amide bonds. The molecule has 0 radical (unpaired) electrons. The lowest BCUT2D eigenvalue weighted by atomic mass is 10.0. The van der Waals surface area contributed by atoms with Crippen molar-refractivity contribution < 1.29 is 4.79 Å². The molecule has 0 aliphatic carbocycles. The van der Waals surface area contributed by atoms with Crippen LogP contribution >= 0.6 is 23.1 Å². The molecule has 0 unspecified atom stereocenters. The first-order chi connectivity index (χ1) is 12.0. The fourth-order valence-corrected chi connectivity index (χ4v) is 4.57. The third-order valence-electron chi connectivity index (χ3n) is 4.49. The van der Waals surface area contributed by atoms with Gasteiger partial charge < -0.3 is 10.2 Å². The number of hydrogen-bond donors (Lipinski definition) is 1. The van der Waals surface area contributed by atoms with Crippen LogP contribution in [0, 0.1) is 19.8 Å². The van der Waals surface area contributed by atoms with E-state index in [9.17, 15) is 4.79 Å². The number of thioether (sulfide) groups is 1. The number of aromatic nitrogens is 2. The average Bonchev–Trinajstić information content (AvgIpc) is 3.03. The topological polar surface area (TPSA) is 58.1 Å². The van der Waals surface area contributed by atoms with E-state index in [1.165, 1.54) is 40.6 Å². The number of anilines is 2. The van der Waals surface area contributed by atoms with Gasteiger partial charge in [0.2, 0.25) is 11.0 Å². The molecule has 1 fully saturated rings. The normalized spacial score (nSPS) is 17.6. The molecule has 2 heterocycles. The molecule has 1 atom stereocenters. The van der Waals surface area contributed by atoms with Gasteiger partial charge in [0, 0.05) is 18.8 Å². The van der Waals surface area contributed by atoms with Gasteiger partial charge in [-0.15, -0.1) is 10.2 Å². The Balaban J connectivity index is 1.53. The lowest BCUT2D eigenvalue weighted by molar-refractivity contribution is -0.130. The molecule has 5 nitrogen and oxygen atoms in total. The van der Waals surface area contributed by atoms with Gasteiger partial charge in [-0.2, -0.15) is 0 Å². The van der Waals surface area contributed by atoms with Gasteiger partial charge in [0.25, 0.3) is 0 Å². The standard InChI is InChI=1S/C18H24N4OS2/c1-12-5-4-8-22(10-12)16(23)11-24-18-21-20-17(25-18)19-15-7-6-13(2)14(3)9-15/h6-7,9,12H,4-5,8,10-11H2,1-3H3,(H,19,20)/t12-/m1/s1. The van der Waals surface area contributed by atoms with Gasteiger partial charge in [-0.3, -0.25) is 4.79 Å². The predicted octanol–water partition coefficient (Wildman–Crippen LogP) is 4.25. The second-order valence-electron chi connectivity index (χ2n) is 6.67. The zero-order valence-electron chi connectivity index (χ0n) is 14.9. The maximum Gasteiger partial charge on any atom is 0.233 e. The molecule has 1 aliphatic rings. The third kappa shape index (κ3) is 4.95. The van der Waals surface area contributed by atoms with Crippen LogP contribution in [-0.4, -0.2) is 39.8 Å². The van der Waals surface area contributed by atoms with Crippen LogP contribution < -0.4 is 5.32 Å². The third-order valence-corrected chi connectivity index (χ3v) is 6.45. The summed E-state index contributed by atoms with van der Waals surface area (Å²) in [4.78, 5) is 14.3. The van der Waals surface area contributed by atoms with Crippen LogP contribution in [0.3, 0.4) is 0 Å². The molecule has 1 aromatic carbocycles. The van der Waals surface area contributed by atoms with Crippen LogP contribution in [0.25, 0.3) is 0 Å². The van der Waals surface area contributed by atoms with Crippen LogP contribution in [0.5, 0.6) is 0 Å². The number of likely N-dealkylation sites (tertiary alicyclic amines) is 1. The minimum atomic E-state index is 0.204. The Morgan fingerprint density at radius 2 is 2.20 bits per heavy atom. The Hall–Kier alpha value is -1.60. The van der Waals surface area contributed by atoms with E-state index in [0.717, 1.165) is 34.7 Å². The van der Waals surface area contributed by atoms with Crippen LogP contribution in [0.1, 0.15) is 30.9 Å². The summed E-state index contributed by atoms with van der Waals surface area (Å²) >= 11 is 2.96. The number of piperidine rings is 1. The van der Waals surface area contributed by atoms with E-state index in [2.05, 4.69) is 48.4 Å². The van der Waals surface area contributed by atoms with Crippen molar-refractivity contribution in [2.24, 2.45) is 5.92 Å². The van der Waals surface area contributed by atoms with E-state index in [-0.39, 0.29) is 5.91 Å². The van der Waals surface area contributed by atoms with Crippen molar-refractivity contribution in [1.29, 1.82) is 0 Å². The Labute approximate surface area is 157 Å². The van der Waals surface area contributed by atoms with Crippen LogP contribution in [0.2, 0.25) is 0 Å². The Morgan fingerprint density at radius 3 is 2.96 bits per heavy atom. The molecule has 0 bridgehead atoms. The van der Waals surface area contributed by atoms with Gasteiger partial charge in [0.05, 0.1) is 5.75 Å². The molecule has 1 N–H and O–H groups in total. The van der Waals surface area contributed by atoms with Gasteiger partial charge in [-0.1, -0.05) is 36.1 Å². The first kappa shape index (κ1) is 18.2. The minimum Gasteiger partial charge on any atom is -0.342 e. The quantitative estimate of drug-likeness (QED) is 0.791. The SMILES string of the molecule is Cc1ccc(Nc2nnc(SCC(=O)N3CCC[C@@H](C)C3)s2)cc1C. The molecule has 1 aliphatic heterocycles. The summed E-state index contributed by atoms with van der Waals surface area (Å²) in [6, 6.07) is 6.23. The first-order valence-electron chi connectivity index (χ1n) is 8.59. The zero-order chi connectivity index (χ0) is 17.8. The lowest BCUT2D eigenvalue weighted by Gasteiger charge is -2.30. The van der Waals surface area contributed by atoms with Crippen molar-refractivity contribution in [2.75, 3.05) is 24.2 Å². The molecular formula is C18H24N4OS2. The fourth-order valence-electron chi connectivity index (χ4n) is 2.89. The highest BCUT2D eigenvalue weighted by atomic mass is 32.2. The van der Waals surface area contributed by atoms with E-state index in [0.29, 0.717) is 11.7 Å². The summed E-state index contributed by atoms with van der Waals surface area (Å²) in [6.07, 6.45) is 2.33. The van der Waals surface area contributed by atoms with Crippen molar-refractivity contribution in [3.63, 3.8) is 0 Å². The van der Waals surface area contributed by atoms with Crippen LogP contribution in [-0.2, 0) is 4.79 Å². The summed E-state index contributed by atoms with van der Waals surface area (Å²) in [5.41, 5.74) is 3.52. The molecule has 25 heavy (non-hydrogen) atoms. The molecule has 3 rings (SSSR count). The monoisotopic (exact) mass is 376 g/mol. The van der Waals surface area contributed by atoms with Crippen molar-refractivity contribution >= 4 is 39.8 Å². The predicted molar refractivity (Wildman–Crippen MR) is 105 cm³/mol. The molecule has 134 valence electrons. The highest BCUT2D eigenvalue weighted by Crippen LogP contribution is 2.28. The molecule has 1 saturated heterocycles. The minimum absolute atomic E-state index is 0.204. The number of hydrogen-bond acceptors (Lipinski definition) is 6. The number of carbonyl (C=O) groups is 1. The van der Waals surface area contributed by atoms with Gasteiger partial charge in [-0.05, 0) is 55.9 Å². The highest BCUT2D eigenvalue weighted by Gasteiger charge is 2.21. The highest BCUT2D eigenvalue weighted by molar-refractivity contribution is 8.01. The number of amides is 1. The maximum atomic E-state index is 12.3. The lowest BCUT2D eigenvalue weighted by Crippen LogP contribution is -2.40. The molecule has 7 heteroatoms. The number of benzene rings is 1. The van der Waals surface area contributed by atoms with Crippen molar-refractivity contribution in [2.45, 2.75) is 38.0 Å². The Bertz CT molecular complexity index is 746. The van der Waals surface area contributed by atoms with Crippen molar-refractivity contribution in [3.8, 4) is 0 Å². The summed E-state index contributed by atoms with van der Waals surface area (Å²) in [5.74, 6) is 1.25. The van der Waals surface area contributed by atoms with Crippen molar-refractivity contribution in [3.05, 3.63) is 29.3 Å². The van der Waals surface area contributed by atoms with Gasteiger partial charge in [0.15, 0.2) is 4.34 Å². The fraction of sp³-hybridized carbons (Fsp3) is 0.500. The largest absolute Gasteiger partial charge is 0.342 e. The molecule has 2 aromatic rings. The summed E-state index contributed by atoms with van der Waals surface area (Å²) < 4.78 is 0.824. The molecule has 0 spiro atoms. The molecular weight excluding hydrogens is 352 g/mol. The van der Waals surface area contributed by atoms with E-state index >= 15 is 0 Å².